The van der Waals surface area contributed by atoms with Crippen molar-refractivity contribution in [3.8, 4) is 28.4 Å². The molecule has 0 N–H and O–H groups in total. The molecule has 2 aromatic heterocycles. The Bertz CT molecular complexity index is 1270. The van der Waals surface area contributed by atoms with Crippen LogP contribution in [-0.4, -0.2) is 39.0 Å². The van der Waals surface area contributed by atoms with Crippen molar-refractivity contribution in [2.24, 2.45) is 0 Å². The Kier molecular flexibility index (Phi) is 5.58. The lowest BCUT2D eigenvalue weighted by molar-refractivity contribution is 0.0601. The molecule has 4 aromatic rings. The highest BCUT2D eigenvalue weighted by Gasteiger charge is 2.29. The summed E-state index contributed by atoms with van der Waals surface area (Å²) in [6.07, 6.45) is 1.56. The van der Waals surface area contributed by atoms with Crippen molar-refractivity contribution in [2.45, 2.75) is 6.92 Å². The molecule has 0 atom stereocenters. The monoisotopic (exact) mass is 456 g/mol. The van der Waals surface area contributed by atoms with Crippen LogP contribution in [0.4, 0.5) is 0 Å². The first-order valence-electron chi connectivity index (χ1n) is 8.97. The fraction of sp³-hybridized carbons (Fsp3) is 0.0952. The van der Waals surface area contributed by atoms with E-state index in [1.54, 1.807) is 48.7 Å². The number of rotatable bonds is 5. The molecule has 156 valence electrons. The molecule has 0 saturated heterocycles. The van der Waals surface area contributed by atoms with E-state index < -0.39 is 5.97 Å². The van der Waals surface area contributed by atoms with E-state index in [0.29, 0.717) is 26.9 Å². The number of halogens is 2. The van der Waals surface area contributed by atoms with Gasteiger partial charge in [-0.25, -0.2) is 9.48 Å². The maximum atomic E-state index is 12.6. The molecule has 2 heterocycles. The van der Waals surface area contributed by atoms with Crippen molar-refractivity contribution < 1.29 is 18.8 Å². The molecule has 2 aromatic carbocycles. The molecule has 8 nitrogen and oxygen atoms in total. The van der Waals surface area contributed by atoms with Crippen molar-refractivity contribution in [1.82, 2.24) is 20.2 Å². The summed E-state index contributed by atoms with van der Waals surface area (Å²) in [6.45, 7) is 1.49. The van der Waals surface area contributed by atoms with E-state index in [-0.39, 0.29) is 28.5 Å². The van der Waals surface area contributed by atoms with Gasteiger partial charge in [0.1, 0.15) is 11.3 Å². The molecule has 4 rings (SSSR count). The summed E-state index contributed by atoms with van der Waals surface area (Å²) in [5.41, 5.74) is 1.99. The number of carbonyl (C=O) groups excluding carboxylic acids is 2. The molecule has 0 fully saturated rings. The quantitative estimate of drug-likeness (QED) is 0.311. The normalized spacial score (nSPS) is 10.8. The number of ketones is 1. The SMILES string of the molecule is COC(=O)c1c(-c2c(Cl)cccc2Cl)noc1-c1cn(-c2ccc(C(C)=O)cc2)nn1. The molecular formula is C21H14Cl2N4O4. The van der Waals surface area contributed by atoms with Crippen LogP contribution in [0, 0.1) is 0 Å². The molecule has 0 aliphatic rings. The van der Waals surface area contributed by atoms with E-state index in [4.69, 9.17) is 32.5 Å². The summed E-state index contributed by atoms with van der Waals surface area (Å²) >= 11 is 12.6. The molecule has 0 bridgehead atoms. The third kappa shape index (κ3) is 3.83. The van der Waals surface area contributed by atoms with Crippen LogP contribution in [0.3, 0.4) is 0 Å². The highest BCUT2D eigenvalue weighted by Crippen LogP contribution is 2.39. The zero-order valence-electron chi connectivity index (χ0n) is 16.3. The number of aromatic nitrogens is 4. The number of methoxy groups -OCH3 is 1. The third-order valence-electron chi connectivity index (χ3n) is 4.55. The van der Waals surface area contributed by atoms with Crippen LogP contribution in [0.15, 0.2) is 53.2 Å². The standard InChI is InChI=1S/C21H14Cl2N4O4/c1-11(28)12-6-8-13(9-7-12)27-10-16(24-26-27)20-18(21(29)30-2)19(25-31-20)17-14(22)4-3-5-15(17)23/h3-10H,1-2H3. The van der Waals surface area contributed by atoms with Crippen LogP contribution in [0.2, 0.25) is 10.0 Å². The molecule has 0 radical (unpaired) electrons. The summed E-state index contributed by atoms with van der Waals surface area (Å²) in [5, 5.41) is 12.8. The first-order valence-corrected chi connectivity index (χ1v) is 9.72. The van der Waals surface area contributed by atoms with E-state index in [1.807, 2.05) is 0 Å². The summed E-state index contributed by atoms with van der Waals surface area (Å²) in [4.78, 5) is 24.0. The van der Waals surface area contributed by atoms with E-state index in [0.717, 1.165) is 0 Å². The lowest BCUT2D eigenvalue weighted by Gasteiger charge is -2.05. The maximum Gasteiger partial charge on any atom is 0.344 e. The minimum absolute atomic E-state index is 0.0245. The molecule has 10 heteroatoms. The molecule has 0 unspecified atom stereocenters. The van der Waals surface area contributed by atoms with Crippen molar-refractivity contribution in [3.63, 3.8) is 0 Å². The number of hydrogen-bond acceptors (Lipinski definition) is 7. The second kappa shape index (κ2) is 8.33. The third-order valence-corrected chi connectivity index (χ3v) is 5.18. The number of hydrogen-bond donors (Lipinski definition) is 0. The summed E-state index contributed by atoms with van der Waals surface area (Å²) in [6, 6.07) is 11.8. The minimum Gasteiger partial charge on any atom is -0.465 e. The van der Waals surface area contributed by atoms with Gasteiger partial charge in [0.2, 0.25) is 5.76 Å². The summed E-state index contributed by atoms with van der Waals surface area (Å²) in [5.74, 6) is -0.673. The molecule has 0 aliphatic carbocycles. The fourth-order valence-corrected chi connectivity index (χ4v) is 3.57. The lowest BCUT2D eigenvalue weighted by atomic mass is 10.0. The molecule has 31 heavy (non-hydrogen) atoms. The second-order valence-electron chi connectivity index (χ2n) is 6.47. The smallest absolute Gasteiger partial charge is 0.344 e. The van der Waals surface area contributed by atoms with E-state index in [1.165, 1.54) is 18.7 Å². The van der Waals surface area contributed by atoms with Crippen molar-refractivity contribution in [1.29, 1.82) is 0 Å². The Morgan fingerprint density at radius 2 is 1.74 bits per heavy atom. The van der Waals surface area contributed by atoms with Gasteiger partial charge in [-0.1, -0.05) is 39.6 Å². The van der Waals surface area contributed by atoms with Gasteiger partial charge in [-0.2, -0.15) is 0 Å². The molecule has 0 saturated carbocycles. The topological polar surface area (TPSA) is 100 Å². The Balaban J connectivity index is 1.80. The number of nitrogens with zero attached hydrogens (tertiary/aromatic N) is 4. The first kappa shape index (κ1) is 20.8. The van der Waals surface area contributed by atoms with Crippen molar-refractivity contribution >= 4 is 35.0 Å². The zero-order chi connectivity index (χ0) is 22.1. The lowest BCUT2D eigenvalue weighted by Crippen LogP contribution is -2.04. The zero-order valence-corrected chi connectivity index (χ0v) is 17.8. The fourth-order valence-electron chi connectivity index (χ4n) is 2.99. The van der Waals surface area contributed by atoms with Gasteiger partial charge in [-0.05, 0) is 43.3 Å². The van der Waals surface area contributed by atoms with Gasteiger partial charge in [0, 0.05) is 11.1 Å². The number of esters is 1. The van der Waals surface area contributed by atoms with Gasteiger partial charge >= 0.3 is 5.97 Å². The second-order valence-corrected chi connectivity index (χ2v) is 7.29. The van der Waals surface area contributed by atoms with Crippen LogP contribution >= 0.6 is 23.2 Å². The van der Waals surface area contributed by atoms with Crippen LogP contribution in [-0.2, 0) is 4.74 Å². The van der Waals surface area contributed by atoms with Crippen molar-refractivity contribution in [2.75, 3.05) is 7.11 Å². The van der Waals surface area contributed by atoms with Gasteiger partial charge < -0.3 is 9.26 Å². The van der Waals surface area contributed by atoms with Crippen LogP contribution in [0.25, 0.3) is 28.4 Å². The Morgan fingerprint density at radius 1 is 1.06 bits per heavy atom. The first-order chi connectivity index (χ1) is 14.9. The average molecular weight is 457 g/mol. The molecule has 0 amide bonds. The highest BCUT2D eigenvalue weighted by atomic mass is 35.5. The predicted molar refractivity (Wildman–Crippen MR) is 114 cm³/mol. The van der Waals surface area contributed by atoms with Gasteiger partial charge in [-0.3, -0.25) is 4.79 Å². The average Bonchev–Trinajstić information content (AvgIpc) is 3.40. The molecule has 0 aliphatic heterocycles. The maximum absolute atomic E-state index is 12.6. The Hall–Kier alpha value is -3.49. The molecule has 0 spiro atoms. The van der Waals surface area contributed by atoms with Crippen LogP contribution in [0.1, 0.15) is 27.6 Å². The minimum atomic E-state index is -0.692. The largest absolute Gasteiger partial charge is 0.465 e. The summed E-state index contributed by atoms with van der Waals surface area (Å²) < 4.78 is 11.8. The van der Waals surface area contributed by atoms with Crippen LogP contribution < -0.4 is 0 Å². The van der Waals surface area contributed by atoms with Gasteiger partial charge in [0.15, 0.2) is 11.5 Å². The Morgan fingerprint density at radius 3 is 2.35 bits per heavy atom. The van der Waals surface area contributed by atoms with Crippen molar-refractivity contribution in [3.05, 3.63) is 69.8 Å². The van der Waals surface area contributed by atoms with Gasteiger partial charge in [0.25, 0.3) is 0 Å². The summed E-state index contributed by atoms with van der Waals surface area (Å²) in [7, 11) is 1.24. The Labute approximate surface area is 186 Å². The van der Waals surface area contributed by atoms with E-state index >= 15 is 0 Å². The number of Topliss-reactive ketones (excluding diaryl/α,β-unsaturated/α-hetero) is 1. The van der Waals surface area contributed by atoms with Gasteiger partial charge in [0.05, 0.1) is 29.0 Å². The van der Waals surface area contributed by atoms with E-state index in [2.05, 4.69) is 15.5 Å². The van der Waals surface area contributed by atoms with Crippen LogP contribution in [0.5, 0.6) is 0 Å². The predicted octanol–water partition coefficient (Wildman–Crippen LogP) is 4.89. The number of benzene rings is 2. The highest BCUT2D eigenvalue weighted by molar-refractivity contribution is 6.39. The van der Waals surface area contributed by atoms with E-state index in [9.17, 15) is 9.59 Å². The number of carbonyl (C=O) groups is 2. The van der Waals surface area contributed by atoms with Gasteiger partial charge in [-0.15, -0.1) is 5.10 Å². The molecular weight excluding hydrogens is 443 g/mol. The number of ether oxygens (including phenoxy) is 1.